The second-order valence-corrected chi connectivity index (χ2v) is 7.39. The summed E-state index contributed by atoms with van der Waals surface area (Å²) < 4.78 is 0. The Bertz CT molecular complexity index is 326. The van der Waals surface area contributed by atoms with E-state index in [4.69, 9.17) is 0 Å². The van der Waals surface area contributed by atoms with Gasteiger partial charge in [0.15, 0.2) is 0 Å². The van der Waals surface area contributed by atoms with Crippen LogP contribution < -0.4 is 5.32 Å². The maximum Gasteiger partial charge on any atom is 0.223 e. The normalized spacial score (nSPS) is 28.0. The Kier molecular flexibility index (Phi) is 6.33. The van der Waals surface area contributed by atoms with Crippen molar-refractivity contribution in [3.63, 3.8) is 0 Å². The molecule has 1 amide bonds. The summed E-state index contributed by atoms with van der Waals surface area (Å²) in [7, 11) is 0. The lowest BCUT2D eigenvalue weighted by Gasteiger charge is -2.34. The molecule has 3 nitrogen and oxygen atoms in total. The predicted octanol–water partition coefficient (Wildman–Crippen LogP) is 3.08. The lowest BCUT2D eigenvalue weighted by Crippen LogP contribution is -2.44. The summed E-state index contributed by atoms with van der Waals surface area (Å²) in [6.45, 7) is 12.1. The third-order valence-corrected chi connectivity index (χ3v) is 5.06. The van der Waals surface area contributed by atoms with Gasteiger partial charge in [0.2, 0.25) is 5.91 Å². The molecule has 0 aromatic carbocycles. The number of carbonyl (C=O) groups is 1. The Labute approximate surface area is 130 Å². The molecule has 2 atom stereocenters. The van der Waals surface area contributed by atoms with Crippen LogP contribution in [0.2, 0.25) is 0 Å². The molecule has 20 heavy (non-hydrogen) atoms. The maximum absolute atomic E-state index is 12.6. The van der Waals surface area contributed by atoms with Crippen LogP contribution >= 0.6 is 12.4 Å². The summed E-state index contributed by atoms with van der Waals surface area (Å²) in [5.41, 5.74) is 0.0599. The molecule has 0 aromatic heterocycles. The predicted molar refractivity (Wildman–Crippen MR) is 86.2 cm³/mol. The zero-order chi connectivity index (χ0) is 14.0. The number of carbonyl (C=O) groups excluding carboxylic acids is 1. The second-order valence-electron chi connectivity index (χ2n) is 7.39. The van der Waals surface area contributed by atoms with E-state index < -0.39 is 0 Å². The molecule has 0 aliphatic carbocycles. The van der Waals surface area contributed by atoms with Gasteiger partial charge in [-0.3, -0.25) is 4.79 Å². The molecule has 4 heteroatoms. The number of amides is 1. The summed E-state index contributed by atoms with van der Waals surface area (Å²) in [6.07, 6.45) is 4.34. The van der Waals surface area contributed by atoms with Crippen molar-refractivity contribution >= 4 is 18.3 Å². The first-order chi connectivity index (χ1) is 8.90. The highest BCUT2D eigenvalue weighted by molar-refractivity contribution is 5.85. The number of hydrogen-bond donors (Lipinski definition) is 1. The van der Waals surface area contributed by atoms with Gasteiger partial charge < -0.3 is 10.2 Å². The summed E-state index contributed by atoms with van der Waals surface area (Å²) in [4.78, 5) is 14.7. The molecule has 2 heterocycles. The van der Waals surface area contributed by atoms with Crippen molar-refractivity contribution in [2.75, 3.05) is 19.6 Å². The third-order valence-electron chi connectivity index (χ3n) is 5.06. The van der Waals surface area contributed by atoms with E-state index in [0.29, 0.717) is 17.7 Å². The molecule has 2 unspecified atom stereocenters. The molecule has 2 aliphatic heterocycles. The highest BCUT2D eigenvalue weighted by atomic mass is 35.5. The number of nitrogens with zero attached hydrogens (tertiary/aromatic N) is 1. The number of halogens is 1. The molecule has 2 fully saturated rings. The van der Waals surface area contributed by atoms with Crippen molar-refractivity contribution in [2.45, 2.75) is 58.9 Å². The Morgan fingerprint density at radius 3 is 2.45 bits per heavy atom. The van der Waals surface area contributed by atoms with E-state index in [0.717, 1.165) is 38.4 Å². The Morgan fingerprint density at radius 1 is 1.35 bits per heavy atom. The number of rotatable bonds is 3. The fraction of sp³-hybridized carbons (Fsp3) is 0.938. The summed E-state index contributed by atoms with van der Waals surface area (Å²) in [6, 6.07) is 0. The van der Waals surface area contributed by atoms with Crippen LogP contribution in [0, 0.1) is 17.8 Å². The van der Waals surface area contributed by atoms with E-state index in [1.165, 1.54) is 12.8 Å². The van der Waals surface area contributed by atoms with E-state index in [1.807, 2.05) is 0 Å². The summed E-state index contributed by atoms with van der Waals surface area (Å²) in [5.74, 6) is 2.28. The molecule has 1 N–H and O–H groups in total. The van der Waals surface area contributed by atoms with Crippen LogP contribution in [-0.4, -0.2) is 36.0 Å². The summed E-state index contributed by atoms with van der Waals surface area (Å²) in [5, 5.41) is 3.40. The smallest absolute Gasteiger partial charge is 0.223 e. The van der Waals surface area contributed by atoms with Gasteiger partial charge in [0, 0.05) is 18.5 Å². The first kappa shape index (κ1) is 17.8. The van der Waals surface area contributed by atoms with Crippen LogP contribution in [0.5, 0.6) is 0 Å². The van der Waals surface area contributed by atoms with Crippen LogP contribution in [0.3, 0.4) is 0 Å². The topological polar surface area (TPSA) is 32.3 Å². The first-order valence-electron chi connectivity index (χ1n) is 7.91. The molecule has 2 rings (SSSR count). The van der Waals surface area contributed by atoms with Gasteiger partial charge in [0.1, 0.15) is 0 Å². The van der Waals surface area contributed by atoms with Gasteiger partial charge in [0.05, 0.1) is 0 Å². The average molecular weight is 303 g/mol. The van der Waals surface area contributed by atoms with Crippen molar-refractivity contribution in [1.82, 2.24) is 10.2 Å². The van der Waals surface area contributed by atoms with Crippen molar-refractivity contribution in [1.29, 1.82) is 0 Å². The fourth-order valence-corrected chi connectivity index (χ4v) is 3.99. The molecule has 118 valence electrons. The molecule has 0 saturated carbocycles. The Morgan fingerprint density at radius 2 is 1.95 bits per heavy atom. The molecule has 0 bridgehead atoms. The minimum Gasteiger partial charge on any atom is -0.337 e. The van der Waals surface area contributed by atoms with Gasteiger partial charge in [0.25, 0.3) is 0 Å². The van der Waals surface area contributed by atoms with Crippen LogP contribution in [-0.2, 0) is 4.79 Å². The molecule has 0 spiro atoms. The van der Waals surface area contributed by atoms with Crippen LogP contribution in [0.4, 0.5) is 0 Å². The van der Waals surface area contributed by atoms with Crippen LogP contribution in [0.25, 0.3) is 0 Å². The number of likely N-dealkylation sites (tertiary alicyclic amines) is 1. The Balaban J connectivity index is 0.00000200. The molecular formula is C16H31ClN2O. The van der Waals surface area contributed by atoms with E-state index in [2.05, 4.69) is 37.9 Å². The number of hydrogen-bond acceptors (Lipinski definition) is 2. The Hall–Kier alpha value is -0.280. The van der Waals surface area contributed by atoms with Crippen molar-refractivity contribution in [3.8, 4) is 0 Å². The van der Waals surface area contributed by atoms with E-state index in [-0.39, 0.29) is 17.9 Å². The first-order valence-corrected chi connectivity index (χ1v) is 7.91. The quantitative estimate of drug-likeness (QED) is 0.869. The van der Waals surface area contributed by atoms with Gasteiger partial charge in [-0.2, -0.15) is 0 Å². The van der Waals surface area contributed by atoms with Gasteiger partial charge in [-0.1, -0.05) is 13.8 Å². The van der Waals surface area contributed by atoms with E-state index >= 15 is 0 Å². The second kappa shape index (κ2) is 7.13. The van der Waals surface area contributed by atoms with Crippen molar-refractivity contribution in [3.05, 3.63) is 0 Å². The molecule has 2 aliphatic rings. The molecule has 2 saturated heterocycles. The zero-order valence-corrected chi connectivity index (χ0v) is 14.3. The summed E-state index contributed by atoms with van der Waals surface area (Å²) >= 11 is 0. The molecular weight excluding hydrogens is 272 g/mol. The largest absolute Gasteiger partial charge is 0.337 e. The third kappa shape index (κ3) is 4.11. The minimum absolute atomic E-state index is 0. The molecule has 0 radical (unpaired) electrons. The van der Waals surface area contributed by atoms with Gasteiger partial charge in [-0.05, 0) is 64.0 Å². The van der Waals surface area contributed by atoms with Crippen molar-refractivity contribution < 1.29 is 4.79 Å². The van der Waals surface area contributed by atoms with Gasteiger partial charge >= 0.3 is 0 Å². The zero-order valence-electron chi connectivity index (χ0n) is 13.4. The fourth-order valence-electron chi connectivity index (χ4n) is 3.99. The lowest BCUT2D eigenvalue weighted by atomic mass is 9.83. The van der Waals surface area contributed by atoms with Crippen LogP contribution in [0.15, 0.2) is 0 Å². The van der Waals surface area contributed by atoms with Crippen LogP contribution in [0.1, 0.15) is 53.4 Å². The minimum atomic E-state index is 0. The maximum atomic E-state index is 12.6. The highest BCUT2D eigenvalue weighted by Crippen LogP contribution is 2.34. The van der Waals surface area contributed by atoms with E-state index in [9.17, 15) is 4.79 Å². The van der Waals surface area contributed by atoms with E-state index in [1.54, 1.807) is 0 Å². The number of nitrogens with one attached hydrogen (secondary N) is 1. The standard InChI is InChI=1S/C16H30N2O.ClH/c1-12-10-16(3,4)18(11-12)15(19)9-13(2)14-5-7-17-8-6-14;/h12-14,17H,5-11H2,1-4H3;1H. The number of piperidine rings is 1. The average Bonchev–Trinajstić information content (AvgIpc) is 2.63. The van der Waals surface area contributed by atoms with Crippen molar-refractivity contribution in [2.24, 2.45) is 17.8 Å². The monoisotopic (exact) mass is 302 g/mol. The van der Waals surface area contributed by atoms with Gasteiger partial charge in [-0.15, -0.1) is 12.4 Å². The lowest BCUT2D eigenvalue weighted by molar-refractivity contribution is -0.135. The van der Waals surface area contributed by atoms with Gasteiger partial charge in [-0.25, -0.2) is 0 Å². The highest BCUT2D eigenvalue weighted by Gasteiger charge is 2.39. The SMILES string of the molecule is CC1CN(C(=O)CC(C)C2CCNCC2)C(C)(C)C1.Cl. The molecule has 0 aromatic rings.